The number of halogens is 1. The first-order valence-electron chi connectivity index (χ1n) is 6.82. The summed E-state index contributed by atoms with van der Waals surface area (Å²) in [6.45, 7) is 2.40. The van der Waals surface area contributed by atoms with Gasteiger partial charge in [-0.15, -0.1) is 0 Å². The fourth-order valence-corrected chi connectivity index (χ4v) is 3.29. The van der Waals surface area contributed by atoms with Gasteiger partial charge in [-0.1, -0.05) is 15.9 Å². The van der Waals surface area contributed by atoms with E-state index in [2.05, 4.69) is 21.2 Å². The van der Waals surface area contributed by atoms with E-state index < -0.39 is 9.84 Å². The van der Waals surface area contributed by atoms with E-state index in [-0.39, 0.29) is 29.0 Å². The SMILES string of the molecule is CC(N)CCNC(=O)CCCS(=O)(=O)c1ccc(Br)cc1. The van der Waals surface area contributed by atoms with Gasteiger partial charge in [0.05, 0.1) is 10.6 Å². The van der Waals surface area contributed by atoms with Gasteiger partial charge in [0.1, 0.15) is 0 Å². The summed E-state index contributed by atoms with van der Waals surface area (Å²) in [4.78, 5) is 11.8. The van der Waals surface area contributed by atoms with Crippen molar-refractivity contribution in [1.82, 2.24) is 5.32 Å². The fraction of sp³-hybridized carbons (Fsp3) is 0.500. The largest absolute Gasteiger partial charge is 0.356 e. The normalized spacial score (nSPS) is 12.9. The summed E-state index contributed by atoms with van der Waals surface area (Å²) >= 11 is 3.26. The first-order chi connectivity index (χ1) is 9.81. The third-order valence-corrected chi connectivity index (χ3v) is 5.26. The zero-order valence-corrected chi connectivity index (χ0v) is 14.4. The van der Waals surface area contributed by atoms with Gasteiger partial charge < -0.3 is 11.1 Å². The first kappa shape index (κ1) is 18.1. The number of nitrogens with two attached hydrogens (primary N) is 1. The Hall–Kier alpha value is -0.920. The highest BCUT2D eigenvalue weighted by Gasteiger charge is 2.14. The van der Waals surface area contributed by atoms with Crippen molar-refractivity contribution >= 4 is 31.7 Å². The molecule has 0 bridgehead atoms. The molecule has 0 aliphatic heterocycles. The maximum Gasteiger partial charge on any atom is 0.220 e. The van der Waals surface area contributed by atoms with Crippen LogP contribution in [0.4, 0.5) is 0 Å². The van der Waals surface area contributed by atoms with Crippen LogP contribution in [0.3, 0.4) is 0 Å². The highest BCUT2D eigenvalue weighted by atomic mass is 79.9. The third-order valence-electron chi connectivity index (χ3n) is 2.91. The number of rotatable bonds is 8. The van der Waals surface area contributed by atoms with Gasteiger partial charge in [-0.25, -0.2) is 8.42 Å². The number of benzene rings is 1. The van der Waals surface area contributed by atoms with E-state index in [1.807, 2.05) is 6.92 Å². The van der Waals surface area contributed by atoms with Crippen molar-refractivity contribution in [1.29, 1.82) is 0 Å². The number of amides is 1. The number of carbonyl (C=O) groups excluding carboxylic acids is 1. The number of nitrogens with one attached hydrogen (secondary N) is 1. The Morgan fingerprint density at radius 3 is 2.52 bits per heavy atom. The predicted molar refractivity (Wildman–Crippen MR) is 86.7 cm³/mol. The van der Waals surface area contributed by atoms with Crippen LogP contribution in [0, 0.1) is 0 Å². The Morgan fingerprint density at radius 1 is 1.33 bits per heavy atom. The molecule has 5 nitrogen and oxygen atoms in total. The van der Waals surface area contributed by atoms with E-state index in [4.69, 9.17) is 5.73 Å². The lowest BCUT2D eigenvalue weighted by atomic mass is 10.2. The Kier molecular flexibility index (Phi) is 7.34. The molecule has 1 unspecified atom stereocenters. The molecule has 0 aliphatic carbocycles. The van der Waals surface area contributed by atoms with Gasteiger partial charge in [-0.05, 0) is 44.0 Å². The average molecular weight is 377 g/mol. The van der Waals surface area contributed by atoms with Crippen molar-refractivity contribution in [3.8, 4) is 0 Å². The van der Waals surface area contributed by atoms with Crippen LogP contribution in [0.15, 0.2) is 33.6 Å². The highest BCUT2D eigenvalue weighted by Crippen LogP contribution is 2.16. The summed E-state index contributed by atoms with van der Waals surface area (Å²) in [5, 5.41) is 2.73. The molecule has 0 fully saturated rings. The quantitative estimate of drug-likeness (QED) is 0.724. The van der Waals surface area contributed by atoms with Gasteiger partial charge in [0.15, 0.2) is 9.84 Å². The second-order valence-corrected chi connectivity index (χ2v) is 8.02. The van der Waals surface area contributed by atoms with Gasteiger partial charge in [-0.3, -0.25) is 4.79 Å². The third kappa shape index (κ3) is 7.06. The van der Waals surface area contributed by atoms with E-state index in [9.17, 15) is 13.2 Å². The van der Waals surface area contributed by atoms with Crippen LogP contribution in [-0.4, -0.2) is 32.7 Å². The summed E-state index contributed by atoms with van der Waals surface area (Å²) in [6, 6.07) is 6.54. The van der Waals surface area contributed by atoms with E-state index in [0.717, 1.165) is 4.47 Å². The Bertz CT molecular complexity index is 556. The average Bonchev–Trinajstić information content (AvgIpc) is 2.38. The lowest BCUT2D eigenvalue weighted by Crippen LogP contribution is -2.29. The lowest BCUT2D eigenvalue weighted by molar-refractivity contribution is -0.121. The molecule has 1 atom stereocenters. The van der Waals surface area contributed by atoms with Gasteiger partial charge in [0.2, 0.25) is 5.91 Å². The molecule has 1 amide bonds. The zero-order valence-electron chi connectivity index (χ0n) is 12.0. The Labute approximate surface area is 134 Å². The van der Waals surface area contributed by atoms with Crippen molar-refractivity contribution in [2.45, 2.75) is 37.1 Å². The number of carbonyl (C=O) groups is 1. The Morgan fingerprint density at radius 2 is 1.95 bits per heavy atom. The smallest absolute Gasteiger partial charge is 0.220 e. The molecule has 0 aliphatic rings. The molecule has 0 saturated heterocycles. The molecule has 0 spiro atoms. The number of hydrogen-bond donors (Lipinski definition) is 2. The summed E-state index contributed by atoms with van der Waals surface area (Å²) in [5.41, 5.74) is 5.58. The van der Waals surface area contributed by atoms with Crippen molar-refractivity contribution in [3.05, 3.63) is 28.7 Å². The first-order valence-corrected chi connectivity index (χ1v) is 9.26. The predicted octanol–water partition coefficient (Wildman–Crippen LogP) is 1.86. The second-order valence-electron chi connectivity index (χ2n) is 4.99. The molecule has 7 heteroatoms. The molecule has 0 heterocycles. The van der Waals surface area contributed by atoms with Crippen LogP contribution in [0.1, 0.15) is 26.2 Å². The second kappa shape index (κ2) is 8.51. The van der Waals surface area contributed by atoms with Gasteiger partial charge >= 0.3 is 0 Å². The van der Waals surface area contributed by atoms with Crippen LogP contribution in [0.25, 0.3) is 0 Å². The molecule has 1 aromatic rings. The molecule has 0 saturated carbocycles. The molecule has 3 N–H and O–H groups in total. The molecule has 1 rings (SSSR count). The van der Waals surface area contributed by atoms with Crippen molar-refractivity contribution < 1.29 is 13.2 Å². The van der Waals surface area contributed by atoms with Crippen LogP contribution in [0.5, 0.6) is 0 Å². The standard InChI is InChI=1S/C14H21BrN2O3S/c1-11(16)8-9-17-14(18)3-2-10-21(19,20)13-6-4-12(15)5-7-13/h4-7,11H,2-3,8-10,16H2,1H3,(H,17,18). The van der Waals surface area contributed by atoms with Gasteiger partial charge in [-0.2, -0.15) is 0 Å². The summed E-state index contributed by atoms with van der Waals surface area (Å²) in [6.07, 6.45) is 1.22. The van der Waals surface area contributed by atoms with Crippen molar-refractivity contribution in [2.24, 2.45) is 5.73 Å². The molecular formula is C14H21BrN2O3S. The molecule has 0 aromatic heterocycles. The minimum Gasteiger partial charge on any atom is -0.356 e. The van der Waals surface area contributed by atoms with Crippen LogP contribution in [-0.2, 0) is 14.6 Å². The molecule has 1 aromatic carbocycles. The van der Waals surface area contributed by atoms with Crippen LogP contribution >= 0.6 is 15.9 Å². The molecule has 118 valence electrons. The van der Waals surface area contributed by atoms with E-state index in [0.29, 0.717) is 19.4 Å². The summed E-state index contributed by atoms with van der Waals surface area (Å²) in [5.74, 6) is -0.170. The fourth-order valence-electron chi connectivity index (χ4n) is 1.71. The number of sulfone groups is 1. The maximum atomic E-state index is 12.1. The molecule has 0 radical (unpaired) electrons. The molecule has 21 heavy (non-hydrogen) atoms. The highest BCUT2D eigenvalue weighted by molar-refractivity contribution is 9.10. The van der Waals surface area contributed by atoms with Gasteiger partial charge in [0, 0.05) is 23.5 Å². The van der Waals surface area contributed by atoms with E-state index in [1.165, 1.54) is 0 Å². The van der Waals surface area contributed by atoms with Gasteiger partial charge in [0.25, 0.3) is 0 Å². The molecular weight excluding hydrogens is 356 g/mol. The topological polar surface area (TPSA) is 89.3 Å². The van der Waals surface area contributed by atoms with E-state index in [1.54, 1.807) is 24.3 Å². The monoisotopic (exact) mass is 376 g/mol. The zero-order chi connectivity index (χ0) is 15.9. The maximum absolute atomic E-state index is 12.1. The summed E-state index contributed by atoms with van der Waals surface area (Å²) < 4.78 is 25.0. The number of hydrogen-bond acceptors (Lipinski definition) is 4. The minimum atomic E-state index is -3.33. The van der Waals surface area contributed by atoms with Crippen molar-refractivity contribution in [2.75, 3.05) is 12.3 Å². The van der Waals surface area contributed by atoms with E-state index >= 15 is 0 Å². The lowest BCUT2D eigenvalue weighted by Gasteiger charge is -2.07. The Balaban J connectivity index is 2.37. The van der Waals surface area contributed by atoms with Crippen molar-refractivity contribution in [3.63, 3.8) is 0 Å². The van der Waals surface area contributed by atoms with Crippen LogP contribution < -0.4 is 11.1 Å². The summed E-state index contributed by atoms with van der Waals surface area (Å²) in [7, 11) is -3.33. The minimum absolute atomic E-state index is 0.0324. The van der Waals surface area contributed by atoms with Crippen LogP contribution in [0.2, 0.25) is 0 Å².